The standard InChI is InChI=1S/C14H30/c1-8-12(4)14(7,10-3)11-13(5,6)9-2/h12H,8-11H2,1-7H3. The molecule has 0 amide bonds. The summed E-state index contributed by atoms with van der Waals surface area (Å²) in [5.74, 6) is 0.846. The summed E-state index contributed by atoms with van der Waals surface area (Å²) in [4.78, 5) is 0. The third-order valence-electron chi connectivity index (χ3n) is 4.45. The molecule has 14 heavy (non-hydrogen) atoms. The van der Waals surface area contributed by atoms with Gasteiger partial charge in [0.05, 0.1) is 0 Å². The maximum atomic E-state index is 2.47. The molecule has 0 heteroatoms. The fraction of sp³-hybridized carbons (Fsp3) is 1.00. The van der Waals surface area contributed by atoms with E-state index in [0.29, 0.717) is 10.8 Å². The monoisotopic (exact) mass is 198 g/mol. The average molecular weight is 198 g/mol. The fourth-order valence-corrected chi connectivity index (χ4v) is 2.36. The molecule has 0 aliphatic carbocycles. The Kier molecular flexibility index (Phi) is 5.19. The van der Waals surface area contributed by atoms with Crippen LogP contribution < -0.4 is 0 Å². The Morgan fingerprint density at radius 1 is 0.929 bits per heavy atom. The van der Waals surface area contributed by atoms with Gasteiger partial charge in [0.25, 0.3) is 0 Å². The van der Waals surface area contributed by atoms with Gasteiger partial charge < -0.3 is 0 Å². The molecule has 0 saturated heterocycles. The second-order valence-corrected chi connectivity index (χ2v) is 6.01. The zero-order valence-electron chi connectivity index (χ0n) is 11.4. The SMILES string of the molecule is CCC(C)C(C)(CC)CC(C)(C)CC. The number of hydrogen-bond acceptors (Lipinski definition) is 0. The maximum absolute atomic E-state index is 2.47. The van der Waals surface area contributed by atoms with Crippen molar-refractivity contribution in [3.05, 3.63) is 0 Å². The van der Waals surface area contributed by atoms with Crippen molar-refractivity contribution >= 4 is 0 Å². The predicted molar refractivity (Wildman–Crippen MR) is 66.5 cm³/mol. The minimum Gasteiger partial charge on any atom is -0.0651 e. The van der Waals surface area contributed by atoms with E-state index in [2.05, 4.69) is 48.5 Å². The van der Waals surface area contributed by atoms with Gasteiger partial charge in [-0.15, -0.1) is 0 Å². The van der Waals surface area contributed by atoms with Crippen LogP contribution in [0.3, 0.4) is 0 Å². The van der Waals surface area contributed by atoms with Crippen molar-refractivity contribution in [3.8, 4) is 0 Å². The minimum atomic E-state index is 0.508. The molecule has 0 fully saturated rings. The van der Waals surface area contributed by atoms with E-state index in [1.807, 2.05) is 0 Å². The Bertz CT molecular complexity index is 157. The van der Waals surface area contributed by atoms with E-state index in [9.17, 15) is 0 Å². The predicted octanol–water partition coefficient (Wildman–Crippen LogP) is 5.28. The summed E-state index contributed by atoms with van der Waals surface area (Å²) >= 11 is 0. The molecule has 0 bridgehead atoms. The Hall–Kier alpha value is 0. The molecule has 0 aliphatic heterocycles. The summed E-state index contributed by atoms with van der Waals surface area (Å²) in [6.07, 6.45) is 5.27. The summed E-state index contributed by atoms with van der Waals surface area (Å²) in [7, 11) is 0. The minimum absolute atomic E-state index is 0.508. The van der Waals surface area contributed by atoms with Crippen LogP contribution in [0.2, 0.25) is 0 Å². The van der Waals surface area contributed by atoms with Crippen molar-refractivity contribution in [2.75, 3.05) is 0 Å². The first-order valence-electron chi connectivity index (χ1n) is 6.31. The molecule has 0 N–H and O–H groups in total. The first-order chi connectivity index (χ1) is 6.31. The van der Waals surface area contributed by atoms with Crippen molar-refractivity contribution in [2.45, 2.75) is 74.1 Å². The lowest BCUT2D eigenvalue weighted by atomic mass is 9.65. The second-order valence-electron chi connectivity index (χ2n) is 6.01. The maximum Gasteiger partial charge on any atom is -0.0298 e. The van der Waals surface area contributed by atoms with Crippen LogP contribution in [0.5, 0.6) is 0 Å². The lowest BCUT2D eigenvalue weighted by Crippen LogP contribution is -2.30. The van der Waals surface area contributed by atoms with Crippen LogP contribution in [0.1, 0.15) is 74.1 Å². The Balaban J connectivity index is 4.54. The Morgan fingerprint density at radius 2 is 1.43 bits per heavy atom. The van der Waals surface area contributed by atoms with Crippen LogP contribution in [-0.2, 0) is 0 Å². The third kappa shape index (κ3) is 3.63. The van der Waals surface area contributed by atoms with E-state index in [4.69, 9.17) is 0 Å². The zero-order chi connectivity index (χ0) is 11.4. The first-order valence-corrected chi connectivity index (χ1v) is 6.31. The summed E-state index contributed by atoms with van der Waals surface area (Å²) in [5, 5.41) is 0. The second kappa shape index (κ2) is 5.19. The van der Waals surface area contributed by atoms with Crippen LogP contribution in [0.4, 0.5) is 0 Å². The molecule has 0 heterocycles. The molecule has 0 radical (unpaired) electrons. The van der Waals surface area contributed by atoms with Crippen molar-refractivity contribution in [3.63, 3.8) is 0 Å². The van der Waals surface area contributed by atoms with Gasteiger partial charge in [-0.1, -0.05) is 67.7 Å². The van der Waals surface area contributed by atoms with Gasteiger partial charge in [0, 0.05) is 0 Å². The van der Waals surface area contributed by atoms with Crippen LogP contribution >= 0.6 is 0 Å². The van der Waals surface area contributed by atoms with Gasteiger partial charge in [0.1, 0.15) is 0 Å². The van der Waals surface area contributed by atoms with Gasteiger partial charge in [-0.05, 0) is 23.2 Å². The third-order valence-corrected chi connectivity index (χ3v) is 4.45. The average Bonchev–Trinajstić information content (AvgIpc) is 2.15. The Morgan fingerprint density at radius 3 is 1.71 bits per heavy atom. The van der Waals surface area contributed by atoms with Crippen molar-refractivity contribution < 1.29 is 0 Å². The molecule has 0 spiro atoms. The van der Waals surface area contributed by atoms with E-state index < -0.39 is 0 Å². The molecule has 2 unspecified atom stereocenters. The summed E-state index contributed by atoms with van der Waals surface area (Å²) in [6, 6.07) is 0. The van der Waals surface area contributed by atoms with Crippen molar-refractivity contribution in [1.29, 1.82) is 0 Å². The summed E-state index contributed by atoms with van der Waals surface area (Å²) < 4.78 is 0. The molecule has 0 nitrogen and oxygen atoms in total. The highest BCUT2D eigenvalue weighted by atomic mass is 14.4. The highest BCUT2D eigenvalue weighted by Gasteiger charge is 2.33. The van der Waals surface area contributed by atoms with Gasteiger partial charge in [-0.25, -0.2) is 0 Å². The highest BCUT2D eigenvalue weighted by Crippen LogP contribution is 2.44. The first kappa shape index (κ1) is 14.0. The summed E-state index contributed by atoms with van der Waals surface area (Å²) in [6.45, 7) is 16.7. The van der Waals surface area contributed by atoms with Gasteiger partial charge in [-0.2, -0.15) is 0 Å². The fourth-order valence-electron chi connectivity index (χ4n) is 2.36. The molecular formula is C14H30. The lowest BCUT2D eigenvalue weighted by molar-refractivity contribution is 0.0993. The van der Waals surface area contributed by atoms with E-state index in [1.165, 1.54) is 25.7 Å². The van der Waals surface area contributed by atoms with E-state index >= 15 is 0 Å². The van der Waals surface area contributed by atoms with E-state index in [1.54, 1.807) is 0 Å². The largest absolute Gasteiger partial charge is 0.0651 e. The smallest absolute Gasteiger partial charge is 0.0298 e. The molecule has 86 valence electrons. The van der Waals surface area contributed by atoms with E-state index in [0.717, 1.165) is 5.92 Å². The topological polar surface area (TPSA) is 0 Å². The normalized spacial score (nSPS) is 19.1. The van der Waals surface area contributed by atoms with Crippen molar-refractivity contribution in [1.82, 2.24) is 0 Å². The zero-order valence-corrected chi connectivity index (χ0v) is 11.4. The molecule has 0 aliphatic rings. The van der Waals surface area contributed by atoms with E-state index in [-0.39, 0.29) is 0 Å². The molecular weight excluding hydrogens is 168 g/mol. The van der Waals surface area contributed by atoms with Crippen LogP contribution in [-0.4, -0.2) is 0 Å². The Labute approximate surface area is 91.5 Å². The molecule has 0 saturated carbocycles. The molecule has 2 atom stereocenters. The quantitative estimate of drug-likeness (QED) is 0.545. The van der Waals surface area contributed by atoms with Gasteiger partial charge in [0.2, 0.25) is 0 Å². The van der Waals surface area contributed by atoms with Gasteiger partial charge >= 0.3 is 0 Å². The molecule has 0 rings (SSSR count). The van der Waals surface area contributed by atoms with Gasteiger partial charge in [0.15, 0.2) is 0 Å². The molecule has 0 aromatic carbocycles. The van der Waals surface area contributed by atoms with Crippen molar-refractivity contribution in [2.24, 2.45) is 16.7 Å². The molecule has 0 aromatic rings. The van der Waals surface area contributed by atoms with Crippen LogP contribution in [0, 0.1) is 16.7 Å². The van der Waals surface area contributed by atoms with Crippen LogP contribution in [0.25, 0.3) is 0 Å². The number of rotatable bonds is 6. The van der Waals surface area contributed by atoms with Gasteiger partial charge in [-0.3, -0.25) is 0 Å². The number of hydrogen-bond donors (Lipinski definition) is 0. The molecule has 0 aromatic heterocycles. The summed E-state index contributed by atoms with van der Waals surface area (Å²) in [5.41, 5.74) is 1.04. The van der Waals surface area contributed by atoms with Crippen LogP contribution in [0.15, 0.2) is 0 Å². The lowest BCUT2D eigenvalue weighted by Gasteiger charge is -2.41. The highest BCUT2D eigenvalue weighted by molar-refractivity contribution is 4.84.